The van der Waals surface area contributed by atoms with E-state index >= 15 is 0 Å². The zero-order chi connectivity index (χ0) is 14.5. The molecule has 102 valence electrons. The lowest BCUT2D eigenvalue weighted by atomic mass is 9.91. The van der Waals surface area contributed by atoms with Crippen LogP contribution < -0.4 is 9.47 Å². The van der Waals surface area contributed by atoms with Gasteiger partial charge in [0.25, 0.3) is 0 Å². The topological polar surface area (TPSA) is 59.3 Å². The molecular formula is C15H19NO3. The summed E-state index contributed by atoms with van der Waals surface area (Å²) in [7, 11) is 0. The average molecular weight is 261 g/mol. The smallest absolute Gasteiger partial charge is 0.175 e. The summed E-state index contributed by atoms with van der Waals surface area (Å²) in [6.07, 6.45) is 0. The number of carbonyl (C=O) groups is 1. The fourth-order valence-corrected chi connectivity index (χ4v) is 1.32. The third-order valence-corrected chi connectivity index (χ3v) is 2.57. The second-order valence-electron chi connectivity index (χ2n) is 5.17. The average Bonchev–Trinajstić information content (AvgIpc) is 2.36. The fourth-order valence-electron chi connectivity index (χ4n) is 1.32. The van der Waals surface area contributed by atoms with E-state index < -0.39 is 5.41 Å². The van der Waals surface area contributed by atoms with Gasteiger partial charge in [-0.05, 0) is 19.1 Å². The van der Waals surface area contributed by atoms with Crippen LogP contribution in [0.4, 0.5) is 0 Å². The minimum absolute atomic E-state index is 0.00449. The van der Waals surface area contributed by atoms with Crippen molar-refractivity contribution in [1.82, 2.24) is 0 Å². The minimum Gasteiger partial charge on any atom is -0.490 e. The Morgan fingerprint density at radius 1 is 1.26 bits per heavy atom. The molecule has 1 rings (SSSR count). The first kappa shape index (κ1) is 15.0. The first-order valence-corrected chi connectivity index (χ1v) is 6.21. The molecule has 1 aromatic carbocycles. The second kappa shape index (κ2) is 6.24. The van der Waals surface area contributed by atoms with Crippen LogP contribution in [0.5, 0.6) is 11.5 Å². The maximum absolute atomic E-state index is 11.8. The van der Waals surface area contributed by atoms with Crippen molar-refractivity contribution < 1.29 is 14.3 Å². The summed E-state index contributed by atoms with van der Waals surface area (Å²) in [4.78, 5) is 11.8. The van der Waals surface area contributed by atoms with Crippen LogP contribution in [0.25, 0.3) is 0 Å². The maximum Gasteiger partial charge on any atom is 0.175 e. The largest absolute Gasteiger partial charge is 0.490 e. The Hall–Kier alpha value is -2.02. The molecule has 0 fully saturated rings. The van der Waals surface area contributed by atoms with Gasteiger partial charge in [0.2, 0.25) is 0 Å². The fraction of sp³-hybridized carbons (Fsp3) is 0.467. The Bertz CT molecular complexity index is 495. The number of nitriles is 1. The van der Waals surface area contributed by atoms with Crippen LogP contribution in [-0.2, 0) is 4.79 Å². The summed E-state index contributed by atoms with van der Waals surface area (Å²) >= 11 is 0. The van der Waals surface area contributed by atoms with Gasteiger partial charge in [0.1, 0.15) is 6.61 Å². The summed E-state index contributed by atoms with van der Waals surface area (Å²) in [6.45, 7) is 7.86. The van der Waals surface area contributed by atoms with Gasteiger partial charge in [-0.1, -0.05) is 20.8 Å². The number of ketones is 1. The van der Waals surface area contributed by atoms with E-state index in [0.717, 1.165) is 0 Å². The molecule has 0 radical (unpaired) electrons. The van der Waals surface area contributed by atoms with Gasteiger partial charge in [0.15, 0.2) is 17.3 Å². The lowest BCUT2D eigenvalue weighted by Gasteiger charge is -2.18. The van der Waals surface area contributed by atoms with E-state index in [1.54, 1.807) is 18.2 Å². The predicted molar refractivity (Wildman–Crippen MR) is 72.3 cm³/mol. The van der Waals surface area contributed by atoms with Crippen LogP contribution in [0.1, 0.15) is 33.3 Å². The van der Waals surface area contributed by atoms with Crippen molar-refractivity contribution in [1.29, 1.82) is 5.26 Å². The molecule has 1 aromatic rings. The third-order valence-electron chi connectivity index (χ3n) is 2.57. The Balaban J connectivity index is 2.83. The second-order valence-corrected chi connectivity index (χ2v) is 5.17. The number of hydrogen-bond donors (Lipinski definition) is 0. The molecule has 0 amide bonds. The number of ether oxygens (including phenoxy) is 2. The van der Waals surface area contributed by atoms with E-state index in [9.17, 15) is 4.79 Å². The summed E-state index contributed by atoms with van der Waals surface area (Å²) in [6, 6.07) is 6.94. The zero-order valence-corrected chi connectivity index (χ0v) is 11.8. The number of hydrogen-bond acceptors (Lipinski definition) is 4. The van der Waals surface area contributed by atoms with Gasteiger partial charge in [-0.2, -0.15) is 5.26 Å². The zero-order valence-electron chi connectivity index (χ0n) is 11.8. The van der Waals surface area contributed by atoms with E-state index in [1.807, 2.05) is 33.8 Å². The molecule has 0 aromatic heterocycles. The number of benzene rings is 1. The van der Waals surface area contributed by atoms with Crippen molar-refractivity contribution in [2.24, 2.45) is 5.41 Å². The first-order valence-electron chi connectivity index (χ1n) is 6.21. The highest BCUT2D eigenvalue weighted by Crippen LogP contribution is 2.28. The Morgan fingerprint density at radius 3 is 2.47 bits per heavy atom. The lowest BCUT2D eigenvalue weighted by Crippen LogP contribution is -2.26. The van der Waals surface area contributed by atoms with Gasteiger partial charge in [0.05, 0.1) is 18.2 Å². The molecule has 19 heavy (non-hydrogen) atoms. The summed E-state index contributed by atoms with van der Waals surface area (Å²) in [5, 5.41) is 8.85. The lowest BCUT2D eigenvalue weighted by molar-refractivity contribution is -0.128. The predicted octanol–water partition coefficient (Wildman–Crippen LogP) is 2.95. The molecule has 4 heteroatoms. The van der Waals surface area contributed by atoms with Gasteiger partial charge < -0.3 is 9.47 Å². The van der Waals surface area contributed by atoms with Crippen molar-refractivity contribution in [2.45, 2.75) is 27.7 Å². The monoisotopic (exact) mass is 261 g/mol. The van der Waals surface area contributed by atoms with Gasteiger partial charge in [-0.3, -0.25) is 4.79 Å². The normalized spacial score (nSPS) is 10.7. The number of nitrogens with zero attached hydrogens (tertiary/aromatic N) is 1. The molecule has 0 N–H and O–H groups in total. The number of carbonyl (C=O) groups excluding carboxylic acids is 1. The van der Waals surface area contributed by atoms with Gasteiger partial charge in [0, 0.05) is 11.5 Å². The van der Waals surface area contributed by atoms with Crippen LogP contribution in [0.2, 0.25) is 0 Å². The highest BCUT2D eigenvalue weighted by molar-refractivity contribution is 5.85. The molecule has 0 bridgehead atoms. The molecule has 0 aliphatic rings. The Kier molecular flexibility index (Phi) is 4.94. The van der Waals surface area contributed by atoms with Gasteiger partial charge in [-0.25, -0.2) is 0 Å². The molecule has 0 saturated heterocycles. The van der Waals surface area contributed by atoms with E-state index in [0.29, 0.717) is 23.7 Å². The van der Waals surface area contributed by atoms with Crippen molar-refractivity contribution in [3.8, 4) is 17.6 Å². The van der Waals surface area contributed by atoms with Crippen LogP contribution in [0.15, 0.2) is 18.2 Å². The quantitative estimate of drug-likeness (QED) is 0.817. The Morgan fingerprint density at radius 2 is 1.95 bits per heavy atom. The number of Topliss-reactive ketones (excluding diaryl/α,β-unsaturated/α-hetero) is 1. The minimum atomic E-state index is -0.432. The third kappa shape index (κ3) is 4.29. The first-order chi connectivity index (χ1) is 8.88. The summed E-state index contributed by atoms with van der Waals surface area (Å²) in [5.41, 5.74) is 0.0659. The molecule has 0 spiro atoms. The maximum atomic E-state index is 11.8. The van der Waals surface area contributed by atoms with Crippen molar-refractivity contribution in [2.75, 3.05) is 13.2 Å². The van der Waals surface area contributed by atoms with Crippen LogP contribution >= 0.6 is 0 Å². The molecule has 0 aliphatic carbocycles. The molecule has 0 atom stereocenters. The molecule has 0 unspecified atom stereocenters. The van der Waals surface area contributed by atoms with Gasteiger partial charge in [-0.15, -0.1) is 0 Å². The van der Waals surface area contributed by atoms with E-state index in [1.165, 1.54) is 0 Å². The van der Waals surface area contributed by atoms with Crippen molar-refractivity contribution in [3.63, 3.8) is 0 Å². The highest BCUT2D eigenvalue weighted by atomic mass is 16.5. The van der Waals surface area contributed by atoms with E-state index in [-0.39, 0.29) is 12.4 Å². The molecule has 0 aliphatic heterocycles. The molecule has 0 saturated carbocycles. The summed E-state index contributed by atoms with van der Waals surface area (Å²) in [5.74, 6) is 0.987. The molecular weight excluding hydrogens is 242 g/mol. The van der Waals surface area contributed by atoms with Crippen LogP contribution in [-0.4, -0.2) is 19.0 Å². The van der Waals surface area contributed by atoms with E-state index in [4.69, 9.17) is 14.7 Å². The standard InChI is InChI=1S/C15H19NO3/c1-5-18-13-8-11(9-16)6-7-12(13)19-10-14(17)15(2,3)4/h6-8H,5,10H2,1-4H3. The van der Waals surface area contributed by atoms with Crippen molar-refractivity contribution >= 4 is 5.78 Å². The Labute approximate surface area is 113 Å². The molecule has 4 nitrogen and oxygen atoms in total. The highest BCUT2D eigenvalue weighted by Gasteiger charge is 2.22. The SMILES string of the molecule is CCOc1cc(C#N)ccc1OCC(=O)C(C)(C)C. The van der Waals surface area contributed by atoms with Gasteiger partial charge >= 0.3 is 0 Å². The summed E-state index contributed by atoms with van der Waals surface area (Å²) < 4.78 is 10.9. The van der Waals surface area contributed by atoms with Crippen molar-refractivity contribution in [3.05, 3.63) is 23.8 Å². The number of rotatable bonds is 5. The van der Waals surface area contributed by atoms with Crippen LogP contribution in [0.3, 0.4) is 0 Å². The molecule has 0 heterocycles. The van der Waals surface area contributed by atoms with Crippen LogP contribution in [0, 0.1) is 16.7 Å². The van der Waals surface area contributed by atoms with E-state index in [2.05, 4.69) is 0 Å².